The van der Waals surface area contributed by atoms with Crippen LogP contribution in [0.25, 0.3) is 0 Å². The topological polar surface area (TPSA) is 72.5 Å². The molecule has 5 nitrogen and oxygen atoms in total. The first-order valence-electron chi connectivity index (χ1n) is 9.26. The van der Waals surface area contributed by atoms with E-state index in [4.69, 9.17) is 4.74 Å². The smallest absolute Gasteiger partial charge is 0.338 e. The van der Waals surface area contributed by atoms with Crippen LogP contribution >= 0.6 is 0 Å². The summed E-state index contributed by atoms with van der Waals surface area (Å²) >= 11 is 0. The van der Waals surface area contributed by atoms with Crippen molar-refractivity contribution >= 4 is 17.7 Å². The molecule has 0 saturated carbocycles. The molecule has 0 bridgehead atoms. The molecular formula is C24H21NO4. The van der Waals surface area contributed by atoms with Gasteiger partial charge in [0.1, 0.15) is 0 Å². The van der Waals surface area contributed by atoms with Gasteiger partial charge in [-0.15, -0.1) is 0 Å². The summed E-state index contributed by atoms with van der Waals surface area (Å²) in [6.07, 6.45) is 0. The van der Waals surface area contributed by atoms with Gasteiger partial charge in [0.15, 0.2) is 12.4 Å². The summed E-state index contributed by atoms with van der Waals surface area (Å²) in [5, 5.41) is 2.78. The Morgan fingerprint density at radius 1 is 0.759 bits per heavy atom. The fourth-order valence-electron chi connectivity index (χ4n) is 2.84. The van der Waals surface area contributed by atoms with Gasteiger partial charge in [0.05, 0.1) is 11.6 Å². The average Bonchev–Trinajstić information content (AvgIpc) is 2.78. The zero-order valence-corrected chi connectivity index (χ0v) is 16.0. The van der Waals surface area contributed by atoms with E-state index in [-0.39, 0.29) is 29.9 Å². The van der Waals surface area contributed by atoms with Gasteiger partial charge in [0, 0.05) is 11.1 Å². The van der Waals surface area contributed by atoms with Crippen molar-refractivity contribution in [1.82, 2.24) is 5.32 Å². The molecular weight excluding hydrogens is 366 g/mol. The SMILES string of the molecule is C[C@H](NC(=O)COC(=O)c1ccc(C(=O)c2ccccc2)cc1)c1ccccc1. The van der Waals surface area contributed by atoms with Crippen molar-refractivity contribution in [2.24, 2.45) is 0 Å². The van der Waals surface area contributed by atoms with Crippen LogP contribution in [0.4, 0.5) is 0 Å². The first kappa shape index (κ1) is 20.0. The minimum Gasteiger partial charge on any atom is -0.452 e. The van der Waals surface area contributed by atoms with E-state index in [9.17, 15) is 14.4 Å². The lowest BCUT2D eigenvalue weighted by molar-refractivity contribution is -0.124. The highest BCUT2D eigenvalue weighted by Crippen LogP contribution is 2.13. The number of amides is 1. The highest BCUT2D eigenvalue weighted by atomic mass is 16.5. The van der Waals surface area contributed by atoms with Gasteiger partial charge in [-0.25, -0.2) is 4.79 Å². The number of ether oxygens (including phenoxy) is 1. The standard InChI is InChI=1S/C24H21NO4/c1-17(18-8-4-2-5-9-18)25-22(26)16-29-24(28)21-14-12-20(13-15-21)23(27)19-10-6-3-7-11-19/h2-15,17H,16H2,1H3,(H,25,26)/t17-/m0/s1. The minimum atomic E-state index is -0.619. The molecule has 0 unspecified atom stereocenters. The molecule has 3 aromatic rings. The monoisotopic (exact) mass is 387 g/mol. The van der Waals surface area contributed by atoms with Crippen molar-refractivity contribution in [3.05, 3.63) is 107 Å². The van der Waals surface area contributed by atoms with Gasteiger partial charge >= 0.3 is 5.97 Å². The Balaban J connectivity index is 1.53. The molecule has 0 spiro atoms. The second-order valence-corrected chi connectivity index (χ2v) is 6.55. The molecule has 3 aromatic carbocycles. The molecule has 0 aliphatic carbocycles. The summed E-state index contributed by atoms with van der Waals surface area (Å²) in [6.45, 7) is 1.48. The predicted octanol–water partition coefficient (Wildman–Crippen LogP) is 3.95. The molecule has 0 aromatic heterocycles. The maximum Gasteiger partial charge on any atom is 0.338 e. The van der Waals surface area contributed by atoms with E-state index in [1.807, 2.05) is 43.3 Å². The molecule has 5 heteroatoms. The van der Waals surface area contributed by atoms with Crippen molar-refractivity contribution in [3.8, 4) is 0 Å². The van der Waals surface area contributed by atoms with Crippen LogP contribution < -0.4 is 5.32 Å². The van der Waals surface area contributed by atoms with Crippen LogP contribution in [0.2, 0.25) is 0 Å². The third kappa shape index (κ3) is 5.39. The number of carbonyl (C=O) groups excluding carboxylic acids is 3. The summed E-state index contributed by atoms with van der Waals surface area (Å²) in [6, 6.07) is 24.4. The maximum atomic E-state index is 12.4. The van der Waals surface area contributed by atoms with Gasteiger partial charge < -0.3 is 10.1 Å². The van der Waals surface area contributed by atoms with E-state index in [0.717, 1.165) is 5.56 Å². The van der Waals surface area contributed by atoms with Crippen LogP contribution in [0.1, 0.15) is 44.8 Å². The van der Waals surface area contributed by atoms with Crippen LogP contribution in [0.5, 0.6) is 0 Å². The highest BCUT2D eigenvalue weighted by Gasteiger charge is 2.14. The number of hydrogen-bond donors (Lipinski definition) is 1. The molecule has 0 radical (unpaired) electrons. The van der Waals surface area contributed by atoms with E-state index in [0.29, 0.717) is 11.1 Å². The lowest BCUT2D eigenvalue weighted by atomic mass is 10.0. The van der Waals surface area contributed by atoms with Crippen molar-refractivity contribution in [2.45, 2.75) is 13.0 Å². The van der Waals surface area contributed by atoms with Crippen molar-refractivity contribution in [2.75, 3.05) is 6.61 Å². The Kier molecular flexibility index (Phi) is 6.53. The molecule has 29 heavy (non-hydrogen) atoms. The molecule has 0 heterocycles. The Morgan fingerprint density at radius 2 is 1.28 bits per heavy atom. The van der Waals surface area contributed by atoms with Crippen LogP contribution in [-0.2, 0) is 9.53 Å². The molecule has 146 valence electrons. The fraction of sp³-hybridized carbons (Fsp3) is 0.125. The second-order valence-electron chi connectivity index (χ2n) is 6.55. The number of benzene rings is 3. The molecule has 0 saturated heterocycles. The second kappa shape index (κ2) is 9.46. The van der Waals surface area contributed by atoms with E-state index in [1.165, 1.54) is 12.1 Å². The Hall–Kier alpha value is -3.73. The van der Waals surface area contributed by atoms with Crippen molar-refractivity contribution < 1.29 is 19.1 Å². The van der Waals surface area contributed by atoms with E-state index < -0.39 is 5.97 Å². The van der Waals surface area contributed by atoms with Gasteiger partial charge in [-0.05, 0) is 24.6 Å². The zero-order chi connectivity index (χ0) is 20.6. The Bertz CT molecular complexity index is 982. The summed E-state index contributed by atoms with van der Waals surface area (Å²) in [5.41, 5.74) is 2.29. The summed E-state index contributed by atoms with van der Waals surface area (Å²) in [5.74, 6) is -1.13. The number of ketones is 1. The third-order valence-corrected chi connectivity index (χ3v) is 4.43. The molecule has 0 aliphatic heterocycles. The largest absolute Gasteiger partial charge is 0.452 e. The maximum absolute atomic E-state index is 12.4. The van der Waals surface area contributed by atoms with Crippen LogP contribution in [0, 0.1) is 0 Å². The van der Waals surface area contributed by atoms with Crippen molar-refractivity contribution in [1.29, 1.82) is 0 Å². The lowest BCUT2D eigenvalue weighted by Gasteiger charge is -2.14. The third-order valence-electron chi connectivity index (χ3n) is 4.43. The van der Waals surface area contributed by atoms with Gasteiger partial charge in [-0.2, -0.15) is 0 Å². The number of carbonyl (C=O) groups is 3. The highest BCUT2D eigenvalue weighted by molar-refractivity contribution is 6.09. The quantitative estimate of drug-likeness (QED) is 0.492. The molecule has 0 fully saturated rings. The fourth-order valence-corrected chi connectivity index (χ4v) is 2.84. The van der Waals surface area contributed by atoms with Gasteiger partial charge in [0.2, 0.25) is 0 Å². The van der Waals surface area contributed by atoms with Gasteiger partial charge in [-0.1, -0.05) is 72.8 Å². The number of esters is 1. The molecule has 1 atom stereocenters. The Morgan fingerprint density at radius 3 is 1.90 bits per heavy atom. The van der Waals surface area contributed by atoms with E-state index >= 15 is 0 Å². The predicted molar refractivity (Wildman–Crippen MR) is 110 cm³/mol. The van der Waals surface area contributed by atoms with Crippen molar-refractivity contribution in [3.63, 3.8) is 0 Å². The summed E-state index contributed by atoms with van der Waals surface area (Å²) in [4.78, 5) is 36.6. The average molecular weight is 387 g/mol. The van der Waals surface area contributed by atoms with E-state index in [1.54, 1.807) is 36.4 Å². The first-order valence-corrected chi connectivity index (χ1v) is 9.26. The normalized spacial score (nSPS) is 11.3. The van der Waals surface area contributed by atoms with Crippen LogP contribution in [0.15, 0.2) is 84.9 Å². The molecule has 1 amide bonds. The van der Waals surface area contributed by atoms with Gasteiger partial charge in [-0.3, -0.25) is 9.59 Å². The summed E-state index contributed by atoms with van der Waals surface area (Å²) in [7, 11) is 0. The first-order chi connectivity index (χ1) is 14.0. The number of hydrogen-bond acceptors (Lipinski definition) is 4. The van der Waals surface area contributed by atoms with Crippen LogP contribution in [0.3, 0.4) is 0 Å². The molecule has 3 rings (SSSR count). The lowest BCUT2D eigenvalue weighted by Crippen LogP contribution is -2.31. The zero-order valence-electron chi connectivity index (χ0n) is 16.0. The minimum absolute atomic E-state index is 0.125. The molecule has 1 N–H and O–H groups in total. The van der Waals surface area contributed by atoms with E-state index in [2.05, 4.69) is 5.32 Å². The van der Waals surface area contributed by atoms with Crippen LogP contribution in [-0.4, -0.2) is 24.3 Å². The number of rotatable bonds is 7. The Labute approximate surface area is 169 Å². The summed E-state index contributed by atoms with van der Waals surface area (Å²) < 4.78 is 5.08. The number of nitrogens with one attached hydrogen (secondary N) is 1. The molecule has 0 aliphatic rings. The van der Waals surface area contributed by atoms with Gasteiger partial charge in [0.25, 0.3) is 5.91 Å².